The fraction of sp³-hybridized carbons (Fsp3) is 0.846. The van der Waals surface area contributed by atoms with Crippen LogP contribution in [0.1, 0.15) is 59.8 Å². The zero-order valence-corrected chi connectivity index (χ0v) is 11.6. The molecule has 0 aliphatic heterocycles. The summed E-state index contributed by atoms with van der Waals surface area (Å²) in [6.45, 7) is 8.79. The maximum absolute atomic E-state index is 10.6. The van der Waals surface area contributed by atoms with Crippen molar-refractivity contribution in [2.24, 2.45) is 0 Å². The first-order valence-electron chi connectivity index (χ1n) is 6.43. The SMILES string of the molecule is CCCC(=O)OCC.CCCOC(=O)CCC. The Balaban J connectivity index is 0. The predicted octanol–water partition coefficient (Wildman–Crippen LogP) is 3.09. The topological polar surface area (TPSA) is 52.6 Å². The number of carbonyl (C=O) groups excluding carboxylic acids is 2. The molecule has 0 spiro atoms. The molecule has 0 bridgehead atoms. The standard InChI is InChI=1S/C7H14O2.C6H12O2/c1-3-5-7(8)9-6-4-2;1-3-5-6(7)8-4-2/h3-6H2,1-2H3;3-5H2,1-2H3. The van der Waals surface area contributed by atoms with Crippen LogP contribution in [0.25, 0.3) is 0 Å². The third-order valence-electron chi connectivity index (χ3n) is 1.68. The van der Waals surface area contributed by atoms with E-state index < -0.39 is 0 Å². The van der Waals surface area contributed by atoms with E-state index in [0.717, 1.165) is 19.3 Å². The minimum Gasteiger partial charge on any atom is -0.466 e. The van der Waals surface area contributed by atoms with Crippen molar-refractivity contribution in [3.8, 4) is 0 Å². The van der Waals surface area contributed by atoms with Crippen LogP contribution in [0.5, 0.6) is 0 Å². The van der Waals surface area contributed by atoms with Gasteiger partial charge in [0.2, 0.25) is 0 Å². The van der Waals surface area contributed by atoms with E-state index in [1.54, 1.807) is 0 Å². The smallest absolute Gasteiger partial charge is 0.305 e. The normalized spacial score (nSPS) is 8.94. The highest BCUT2D eigenvalue weighted by Crippen LogP contribution is 1.91. The summed E-state index contributed by atoms with van der Waals surface area (Å²) >= 11 is 0. The highest BCUT2D eigenvalue weighted by Gasteiger charge is 1.97. The van der Waals surface area contributed by atoms with E-state index in [-0.39, 0.29) is 11.9 Å². The van der Waals surface area contributed by atoms with Crippen LogP contribution in [0, 0.1) is 0 Å². The molecule has 0 fully saturated rings. The molecule has 4 heteroatoms. The van der Waals surface area contributed by atoms with E-state index in [1.165, 1.54) is 0 Å². The molecule has 0 heterocycles. The van der Waals surface area contributed by atoms with E-state index in [1.807, 2.05) is 27.7 Å². The van der Waals surface area contributed by atoms with Gasteiger partial charge in [0.15, 0.2) is 0 Å². The number of ether oxygens (including phenoxy) is 2. The van der Waals surface area contributed by atoms with Crippen molar-refractivity contribution in [1.29, 1.82) is 0 Å². The fourth-order valence-corrected chi connectivity index (χ4v) is 0.929. The molecule has 102 valence electrons. The Hall–Kier alpha value is -1.06. The van der Waals surface area contributed by atoms with Crippen LogP contribution in [0.4, 0.5) is 0 Å². The van der Waals surface area contributed by atoms with Gasteiger partial charge >= 0.3 is 11.9 Å². The van der Waals surface area contributed by atoms with E-state index in [0.29, 0.717) is 26.1 Å². The second-order valence-corrected chi connectivity index (χ2v) is 3.53. The highest BCUT2D eigenvalue weighted by molar-refractivity contribution is 5.69. The summed E-state index contributed by atoms with van der Waals surface area (Å²) in [4.78, 5) is 21.0. The molecule has 0 amide bonds. The lowest BCUT2D eigenvalue weighted by atomic mass is 10.3. The molecule has 0 aromatic heterocycles. The Labute approximate surface area is 105 Å². The van der Waals surface area contributed by atoms with Crippen molar-refractivity contribution >= 4 is 11.9 Å². The van der Waals surface area contributed by atoms with Crippen LogP contribution in [-0.4, -0.2) is 25.2 Å². The predicted molar refractivity (Wildman–Crippen MR) is 67.7 cm³/mol. The van der Waals surface area contributed by atoms with Crippen molar-refractivity contribution in [3.63, 3.8) is 0 Å². The minimum absolute atomic E-state index is 0.0700. The van der Waals surface area contributed by atoms with E-state index >= 15 is 0 Å². The molecule has 0 rings (SSSR count). The van der Waals surface area contributed by atoms with Gasteiger partial charge in [0, 0.05) is 12.8 Å². The molecule has 0 saturated heterocycles. The highest BCUT2D eigenvalue weighted by atomic mass is 16.5. The lowest BCUT2D eigenvalue weighted by Crippen LogP contribution is -2.03. The molecular weight excluding hydrogens is 220 g/mol. The molecule has 0 aliphatic rings. The van der Waals surface area contributed by atoms with Crippen molar-refractivity contribution < 1.29 is 19.1 Å². The average Bonchev–Trinajstić information content (AvgIpc) is 2.28. The Bertz CT molecular complexity index is 182. The summed E-state index contributed by atoms with van der Waals surface area (Å²) in [5.41, 5.74) is 0. The van der Waals surface area contributed by atoms with Gasteiger partial charge in [-0.05, 0) is 26.2 Å². The molecule has 0 aromatic rings. The fourth-order valence-electron chi connectivity index (χ4n) is 0.929. The summed E-state index contributed by atoms with van der Waals surface area (Å²) in [6.07, 6.45) is 3.77. The van der Waals surface area contributed by atoms with Crippen molar-refractivity contribution in [2.75, 3.05) is 13.2 Å². The number of rotatable bonds is 7. The third kappa shape index (κ3) is 17.5. The molecule has 17 heavy (non-hydrogen) atoms. The van der Waals surface area contributed by atoms with Crippen LogP contribution in [0.2, 0.25) is 0 Å². The molecule has 0 atom stereocenters. The largest absolute Gasteiger partial charge is 0.466 e. The lowest BCUT2D eigenvalue weighted by Gasteiger charge is -1.99. The quantitative estimate of drug-likeness (QED) is 0.648. The molecular formula is C13H26O4. The first kappa shape index (κ1) is 18.3. The summed E-state index contributed by atoms with van der Waals surface area (Å²) in [7, 11) is 0. The van der Waals surface area contributed by atoms with Gasteiger partial charge < -0.3 is 9.47 Å². The van der Waals surface area contributed by atoms with Gasteiger partial charge in [-0.2, -0.15) is 0 Å². The number of carbonyl (C=O) groups is 2. The summed E-state index contributed by atoms with van der Waals surface area (Å²) < 4.78 is 9.44. The van der Waals surface area contributed by atoms with Crippen LogP contribution in [0.3, 0.4) is 0 Å². The monoisotopic (exact) mass is 246 g/mol. The van der Waals surface area contributed by atoms with E-state index in [2.05, 4.69) is 4.74 Å². The summed E-state index contributed by atoms with van der Waals surface area (Å²) in [5, 5.41) is 0. The third-order valence-corrected chi connectivity index (χ3v) is 1.68. The van der Waals surface area contributed by atoms with E-state index in [4.69, 9.17) is 4.74 Å². The van der Waals surface area contributed by atoms with Gasteiger partial charge in [-0.15, -0.1) is 0 Å². The number of esters is 2. The second-order valence-electron chi connectivity index (χ2n) is 3.53. The molecule has 0 aliphatic carbocycles. The first-order chi connectivity index (χ1) is 8.12. The van der Waals surface area contributed by atoms with Crippen LogP contribution in [0.15, 0.2) is 0 Å². The first-order valence-corrected chi connectivity index (χ1v) is 6.43. The number of hydrogen-bond acceptors (Lipinski definition) is 4. The molecule has 0 saturated carbocycles. The minimum atomic E-state index is -0.0880. The molecule has 0 unspecified atom stereocenters. The zero-order valence-electron chi connectivity index (χ0n) is 11.6. The summed E-state index contributed by atoms with van der Waals surface area (Å²) in [6, 6.07) is 0. The second kappa shape index (κ2) is 14.9. The van der Waals surface area contributed by atoms with Gasteiger partial charge in [0.05, 0.1) is 13.2 Å². The lowest BCUT2D eigenvalue weighted by molar-refractivity contribution is -0.144. The summed E-state index contributed by atoms with van der Waals surface area (Å²) in [5.74, 6) is -0.158. The van der Waals surface area contributed by atoms with Gasteiger partial charge in [-0.1, -0.05) is 20.8 Å². The Morgan fingerprint density at radius 2 is 1.24 bits per heavy atom. The van der Waals surface area contributed by atoms with Crippen molar-refractivity contribution in [1.82, 2.24) is 0 Å². The van der Waals surface area contributed by atoms with Gasteiger partial charge in [-0.3, -0.25) is 9.59 Å². The van der Waals surface area contributed by atoms with Crippen molar-refractivity contribution in [3.05, 3.63) is 0 Å². The maximum Gasteiger partial charge on any atom is 0.305 e. The molecule has 0 radical (unpaired) electrons. The Kier molecular flexibility index (Phi) is 16.1. The van der Waals surface area contributed by atoms with Gasteiger partial charge in [0.25, 0.3) is 0 Å². The average molecular weight is 246 g/mol. The maximum atomic E-state index is 10.6. The Morgan fingerprint density at radius 1 is 0.765 bits per heavy atom. The van der Waals surface area contributed by atoms with Crippen LogP contribution < -0.4 is 0 Å². The molecule has 4 nitrogen and oxygen atoms in total. The Morgan fingerprint density at radius 3 is 1.59 bits per heavy atom. The van der Waals surface area contributed by atoms with Gasteiger partial charge in [0.1, 0.15) is 0 Å². The van der Waals surface area contributed by atoms with Crippen LogP contribution in [-0.2, 0) is 19.1 Å². The number of hydrogen-bond donors (Lipinski definition) is 0. The zero-order chi connectivity index (χ0) is 13.5. The molecule has 0 N–H and O–H groups in total. The van der Waals surface area contributed by atoms with Gasteiger partial charge in [-0.25, -0.2) is 0 Å². The van der Waals surface area contributed by atoms with E-state index in [9.17, 15) is 9.59 Å². The molecule has 0 aromatic carbocycles. The van der Waals surface area contributed by atoms with Crippen LogP contribution >= 0.6 is 0 Å². The van der Waals surface area contributed by atoms with Crippen molar-refractivity contribution in [2.45, 2.75) is 59.8 Å².